The number of ether oxygens (including phenoxy) is 2. The van der Waals surface area contributed by atoms with Crippen LogP contribution in [0.15, 0.2) is 66.4 Å². The van der Waals surface area contributed by atoms with Gasteiger partial charge in [-0.2, -0.15) is 0 Å². The SMILES string of the molecule is COc1ccc(Br)cc1[C@H]1C(C(=O)OC(C)C)=C(C)N=c2s/c(=C\c3ccc(N(C)C)c(Br)c3)c(=O)n21. The quantitative estimate of drug-likeness (QED) is 0.360. The van der Waals surface area contributed by atoms with Gasteiger partial charge in [0.25, 0.3) is 5.56 Å². The van der Waals surface area contributed by atoms with Gasteiger partial charge in [0.1, 0.15) is 11.8 Å². The lowest BCUT2D eigenvalue weighted by Gasteiger charge is -2.26. The molecule has 0 saturated heterocycles. The number of allylic oxidation sites excluding steroid dienone is 1. The molecule has 2 aromatic carbocycles. The van der Waals surface area contributed by atoms with Crippen molar-refractivity contribution in [3.8, 4) is 5.75 Å². The molecule has 0 aliphatic carbocycles. The Kier molecular flexibility index (Phi) is 8.11. The van der Waals surface area contributed by atoms with E-state index in [1.807, 2.05) is 55.4 Å². The van der Waals surface area contributed by atoms with Gasteiger partial charge in [-0.05, 0) is 78.7 Å². The summed E-state index contributed by atoms with van der Waals surface area (Å²) in [6.07, 6.45) is 1.51. The van der Waals surface area contributed by atoms with E-state index in [2.05, 4.69) is 36.9 Å². The zero-order valence-electron chi connectivity index (χ0n) is 21.3. The summed E-state index contributed by atoms with van der Waals surface area (Å²) in [5.74, 6) is 0.0382. The molecule has 0 bridgehead atoms. The molecule has 4 rings (SSSR count). The van der Waals surface area contributed by atoms with Crippen LogP contribution in [0.3, 0.4) is 0 Å². The Morgan fingerprint density at radius 1 is 1.19 bits per heavy atom. The van der Waals surface area contributed by atoms with Crippen molar-refractivity contribution in [2.45, 2.75) is 32.9 Å². The largest absolute Gasteiger partial charge is 0.496 e. The third-order valence-electron chi connectivity index (χ3n) is 5.82. The number of carbonyl (C=O) groups is 1. The van der Waals surface area contributed by atoms with Gasteiger partial charge in [0.05, 0.1) is 34.7 Å². The molecule has 2 heterocycles. The highest BCUT2D eigenvalue weighted by Gasteiger charge is 2.35. The molecule has 0 radical (unpaired) electrons. The Balaban J connectivity index is 1.97. The first-order valence-corrected chi connectivity index (χ1v) is 14.0. The number of hydrogen-bond donors (Lipinski definition) is 0. The summed E-state index contributed by atoms with van der Waals surface area (Å²) in [5.41, 5.74) is 3.13. The number of nitrogens with zero attached hydrogens (tertiary/aromatic N) is 3. The van der Waals surface area contributed by atoms with Gasteiger partial charge in [0.15, 0.2) is 4.80 Å². The van der Waals surface area contributed by atoms with E-state index in [1.54, 1.807) is 38.5 Å². The molecule has 1 atom stereocenters. The summed E-state index contributed by atoms with van der Waals surface area (Å²) in [5, 5.41) is 0. The minimum Gasteiger partial charge on any atom is -0.496 e. The Hall–Kier alpha value is -2.69. The van der Waals surface area contributed by atoms with E-state index in [1.165, 1.54) is 11.3 Å². The molecule has 10 heteroatoms. The van der Waals surface area contributed by atoms with Crippen LogP contribution in [0.25, 0.3) is 6.08 Å². The molecule has 7 nitrogen and oxygen atoms in total. The van der Waals surface area contributed by atoms with Crippen LogP contribution >= 0.6 is 43.2 Å². The van der Waals surface area contributed by atoms with Gasteiger partial charge in [0.2, 0.25) is 0 Å². The fourth-order valence-electron chi connectivity index (χ4n) is 4.20. The summed E-state index contributed by atoms with van der Waals surface area (Å²) in [6.45, 7) is 5.34. The average Bonchev–Trinajstić information content (AvgIpc) is 3.11. The number of thiazole rings is 1. The number of fused-ring (bicyclic) bond motifs is 1. The molecule has 0 fully saturated rings. The molecule has 1 aromatic heterocycles. The molecule has 0 spiro atoms. The second kappa shape index (κ2) is 11.0. The van der Waals surface area contributed by atoms with Crippen LogP contribution in [0, 0.1) is 0 Å². The van der Waals surface area contributed by atoms with E-state index >= 15 is 0 Å². The molecule has 3 aromatic rings. The molecular formula is C27H27Br2N3O4S. The number of anilines is 1. The Labute approximate surface area is 236 Å². The number of halogens is 2. The van der Waals surface area contributed by atoms with Crippen molar-refractivity contribution in [3.05, 3.63) is 87.4 Å². The van der Waals surface area contributed by atoms with Crippen LogP contribution in [0.1, 0.15) is 37.9 Å². The minimum atomic E-state index is -0.764. The first kappa shape index (κ1) is 27.3. The zero-order valence-corrected chi connectivity index (χ0v) is 25.3. The van der Waals surface area contributed by atoms with Gasteiger partial charge in [-0.1, -0.05) is 33.3 Å². The van der Waals surface area contributed by atoms with Crippen LogP contribution in [-0.4, -0.2) is 37.8 Å². The zero-order chi connectivity index (χ0) is 27.0. The van der Waals surface area contributed by atoms with Crippen molar-refractivity contribution in [1.82, 2.24) is 4.57 Å². The third-order valence-corrected chi connectivity index (χ3v) is 7.93. The molecule has 0 saturated carbocycles. The Bertz CT molecular complexity index is 1590. The van der Waals surface area contributed by atoms with E-state index in [0.717, 1.165) is 20.2 Å². The highest BCUT2D eigenvalue weighted by atomic mass is 79.9. The standard InChI is InChI=1S/C27H27Br2N3O4S/c1-14(2)36-26(34)23-15(3)30-27-32(24(23)18-13-17(28)8-10-21(18)35-6)25(33)22(37-27)12-16-7-9-20(31(4)5)19(29)11-16/h7-14,24H,1-6H3/b22-12-/t24-/m0/s1. The van der Waals surface area contributed by atoms with E-state index in [0.29, 0.717) is 31.9 Å². The van der Waals surface area contributed by atoms with Crippen molar-refractivity contribution in [2.75, 3.05) is 26.1 Å². The van der Waals surface area contributed by atoms with Gasteiger partial charge in [-0.15, -0.1) is 0 Å². The maximum Gasteiger partial charge on any atom is 0.338 e. The fourth-order valence-corrected chi connectivity index (χ4v) is 6.38. The number of esters is 1. The first-order chi connectivity index (χ1) is 17.5. The highest BCUT2D eigenvalue weighted by Crippen LogP contribution is 2.37. The smallest absolute Gasteiger partial charge is 0.338 e. The van der Waals surface area contributed by atoms with Crippen LogP contribution in [0.5, 0.6) is 5.75 Å². The summed E-state index contributed by atoms with van der Waals surface area (Å²) >= 11 is 8.42. The highest BCUT2D eigenvalue weighted by molar-refractivity contribution is 9.10. The van der Waals surface area contributed by atoms with Gasteiger partial charge >= 0.3 is 5.97 Å². The topological polar surface area (TPSA) is 73.1 Å². The number of methoxy groups -OCH3 is 1. The van der Waals surface area contributed by atoms with Crippen molar-refractivity contribution < 1.29 is 14.3 Å². The molecule has 1 aliphatic rings. The molecule has 0 amide bonds. The number of aromatic nitrogens is 1. The van der Waals surface area contributed by atoms with Crippen molar-refractivity contribution in [1.29, 1.82) is 0 Å². The van der Waals surface area contributed by atoms with Crippen LogP contribution in [-0.2, 0) is 9.53 Å². The van der Waals surface area contributed by atoms with Crippen molar-refractivity contribution in [3.63, 3.8) is 0 Å². The van der Waals surface area contributed by atoms with Gasteiger partial charge < -0.3 is 14.4 Å². The summed E-state index contributed by atoms with van der Waals surface area (Å²) in [4.78, 5) is 34.4. The summed E-state index contributed by atoms with van der Waals surface area (Å²) in [7, 11) is 5.50. The second-order valence-corrected chi connectivity index (χ2v) is 11.8. The van der Waals surface area contributed by atoms with Crippen LogP contribution in [0.2, 0.25) is 0 Å². The van der Waals surface area contributed by atoms with E-state index in [4.69, 9.17) is 9.47 Å². The van der Waals surface area contributed by atoms with Crippen LogP contribution < -0.4 is 24.5 Å². The summed E-state index contributed by atoms with van der Waals surface area (Å²) in [6, 6.07) is 10.7. The lowest BCUT2D eigenvalue weighted by molar-refractivity contribution is -0.143. The predicted molar refractivity (Wildman–Crippen MR) is 154 cm³/mol. The first-order valence-electron chi connectivity index (χ1n) is 11.6. The van der Waals surface area contributed by atoms with Crippen molar-refractivity contribution >= 4 is 60.9 Å². The molecule has 0 N–H and O–H groups in total. The molecule has 37 heavy (non-hydrogen) atoms. The number of rotatable bonds is 6. The molecule has 0 unspecified atom stereocenters. The predicted octanol–water partition coefficient (Wildman–Crippen LogP) is 4.79. The third kappa shape index (κ3) is 5.46. The van der Waals surface area contributed by atoms with Gasteiger partial charge in [0, 0.05) is 28.6 Å². The normalized spacial score (nSPS) is 15.5. The lowest BCUT2D eigenvalue weighted by Crippen LogP contribution is -2.40. The molecule has 1 aliphatic heterocycles. The van der Waals surface area contributed by atoms with E-state index < -0.39 is 12.0 Å². The number of benzene rings is 2. The average molecular weight is 649 g/mol. The second-order valence-electron chi connectivity index (χ2n) is 9.03. The minimum absolute atomic E-state index is 0.245. The van der Waals surface area contributed by atoms with Crippen molar-refractivity contribution in [2.24, 2.45) is 4.99 Å². The van der Waals surface area contributed by atoms with E-state index in [-0.39, 0.29) is 11.7 Å². The Morgan fingerprint density at radius 3 is 2.54 bits per heavy atom. The number of hydrogen-bond acceptors (Lipinski definition) is 7. The lowest BCUT2D eigenvalue weighted by atomic mass is 9.95. The maximum absolute atomic E-state index is 13.9. The molecule has 194 valence electrons. The van der Waals surface area contributed by atoms with E-state index in [9.17, 15) is 9.59 Å². The number of carbonyl (C=O) groups excluding carboxylic acids is 1. The monoisotopic (exact) mass is 647 g/mol. The van der Waals surface area contributed by atoms with Crippen LogP contribution in [0.4, 0.5) is 5.69 Å². The maximum atomic E-state index is 13.9. The fraction of sp³-hybridized carbons (Fsp3) is 0.296. The van der Waals surface area contributed by atoms with Gasteiger partial charge in [-0.3, -0.25) is 9.36 Å². The summed E-state index contributed by atoms with van der Waals surface area (Å²) < 4.78 is 15.0. The van der Waals surface area contributed by atoms with Gasteiger partial charge in [-0.25, -0.2) is 9.79 Å². The molecular weight excluding hydrogens is 622 g/mol. The Morgan fingerprint density at radius 2 is 1.92 bits per heavy atom.